The second-order valence-corrected chi connectivity index (χ2v) is 4.40. The Hall–Kier alpha value is -3.02. The maximum atomic E-state index is 12.0. The molecular weight excluding hydrogens is 266 g/mol. The molecule has 0 atom stereocenters. The van der Waals surface area contributed by atoms with Crippen LogP contribution >= 0.6 is 0 Å². The fourth-order valence-corrected chi connectivity index (χ4v) is 1.93. The Morgan fingerprint density at radius 3 is 2.71 bits per heavy atom. The van der Waals surface area contributed by atoms with Crippen LogP contribution in [0.3, 0.4) is 0 Å². The molecule has 3 aromatic rings. The zero-order valence-electron chi connectivity index (χ0n) is 11.2. The molecule has 2 heterocycles. The summed E-state index contributed by atoms with van der Waals surface area (Å²) >= 11 is 0. The van der Waals surface area contributed by atoms with Crippen LogP contribution in [0.25, 0.3) is 5.69 Å². The van der Waals surface area contributed by atoms with Gasteiger partial charge in [0, 0.05) is 12.4 Å². The number of carbonyl (C=O) groups excluding carboxylic acids is 1. The minimum Gasteiger partial charge on any atom is -0.346 e. The van der Waals surface area contributed by atoms with Crippen LogP contribution in [0.4, 0.5) is 0 Å². The summed E-state index contributed by atoms with van der Waals surface area (Å²) in [4.78, 5) is 15.9. The molecule has 0 saturated heterocycles. The molecular formula is C15H13N5O. The zero-order chi connectivity index (χ0) is 14.5. The first-order valence-corrected chi connectivity index (χ1v) is 6.48. The number of carbonyl (C=O) groups is 1. The Morgan fingerprint density at radius 2 is 1.95 bits per heavy atom. The van der Waals surface area contributed by atoms with Gasteiger partial charge in [0.25, 0.3) is 5.91 Å². The van der Waals surface area contributed by atoms with Crippen LogP contribution in [0.5, 0.6) is 0 Å². The second-order valence-electron chi connectivity index (χ2n) is 4.40. The molecule has 0 radical (unpaired) electrons. The minimum absolute atomic E-state index is 0.177. The monoisotopic (exact) mass is 279 g/mol. The molecule has 0 aliphatic heterocycles. The van der Waals surface area contributed by atoms with Gasteiger partial charge in [0.15, 0.2) is 0 Å². The molecule has 6 nitrogen and oxygen atoms in total. The summed E-state index contributed by atoms with van der Waals surface area (Å²) in [7, 11) is 0. The number of amides is 1. The van der Waals surface area contributed by atoms with Crippen molar-refractivity contribution in [2.75, 3.05) is 0 Å². The molecule has 1 amide bonds. The summed E-state index contributed by atoms with van der Waals surface area (Å²) in [6, 6.07) is 13.1. The van der Waals surface area contributed by atoms with Crippen molar-refractivity contribution in [3.05, 3.63) is 72.3 Å². The topological polar surface area (TPSA) is 72.7 Å². The quantitative estimate of drug-likeness (QED) is 0.787. The van der Waals surface area contributed by atoms with Gasteiger partial charge < -0.3 is 5.32 Å². The normalized spacial score (nSPS) is 10.3. The lowest BCUT2D eigenvalue weighted by Crippen LogP contribution is -2.24. The molecule has 104 valence electrons. The van der Waals surface area contributed by atoms with E-state index < -0.39 is 0 Å². The number of benzene rings is 1. The van der Waals surface area contributed by atoms with Gasteiger partial charge in [-0.1, -0.05) is 23.4 Å². The molecule has 0 bridgehead atoms. The highest BCUT2D eigenvalue weighted by molar-refractivity contribution is 5.93. The van der Waals surface area contributed by atoms with Gasteiger partial charge in [-0.3, -0.25) is 9.78 Å². The van der Waals surface area contributed by atoms with E-state index in [9.17, 15) is 4.79 Å². The van der Waals surface area contributed by atoms with Crippen molar-refractivity contribution in [1.29, 1.82) is 0 Å². The lowest BCUT2D eigenvalue weighted by atomic mass is 10.2. The van der Waals surface area contributed by atoms with E-state index in [-0.39, 0.29) is 5.91 Å². The molecule has 0 spiro atoms. The van der Waals surface area contributed by atoms with Gasteiger partial charge in [-0.05, 0) is 24.3 Å². The van der Waals surface area contributed by atoms with Gasteiger partial charge in [-0.15, -0.1) is 5.10 Å². The number of hydrogen-bond donors (Lipinski definition) is 1. The highest BCUT2D eigenvalue weighted by atomic mass is 16.1. The molecule has 0 saturated carbocycles. The SMILES string of the molecule is O=C(NCc1cnnn1-c1ccccc1)c1cccnc1. The van der Waals surface area contributed by atoms with Crippen LogP contribution in [-0.4, -0.2) is 25.9 Å². The van der Waals surface area contributed by atoms with Crippen LogP contribution in [0.1, 0.15) is 16.1 Å². The van der Waals surface area contributed by atoms with Crippen LogP contribution in [0.2, 0.25) is 0 Å². The average Bonchev–Trinajstić information content (AvgIpc) is 3.03. The van der Waals surface area contributed by atoms with Gasteiger partial charge in [0.2, 0.25) is 0 Å². The fraction of sp³-hybridized carbons (Fsp3) is 0.0667. The van der Waals surface area contributed by atoms with E-state index in [2.05, 4.69) is 20.6 Å². The Balaban J connectivity index is 1.73. The summed E-state index contributed by atoms with van der Waals surface area (Å²) in [6.07, 6.45) is 4.80. The molecule has 21 heavy (non-hydrogen) atoms. The van der Waals surface area contributed by atoms with Gasteiger partial charge in [-0.2, -0.15) is 0 Å². The number of nitrogens with zero attached hydrogens (tertiary/aromatic N) is 4. The lowest BCUT2D eigenvalue weighted by Gasteiger charge is -2.07. The number of rotatable bonds is 4. The number of pyridine rings is 1. The number of nitrogens with one attached hydrogen (secondary N) is 1. The van der Waals surface area contributed by atoms with Crippen LogP contribution in [-0.2, 0) is 6.54 Å². The smallest absolute Gasteiger partial charge is 0.253 e. The molecule has 1 N–H and O–H groups in total. The average molecular weight is 279 g/mol. The third kappa shape index (κ3) is 2.94. The number of aromatic nitrogens is 4. The minimum atomic E-state index is -0.177. The molecule has 0 unspecified atom stereocenters. The summed E-state index contributed by atoms with van der Waals surface area (Å²) in [5.41, 5.74) is 2.23. The zero-order valence-corrected chi connectivity index (χ0v) is 11.2. The summed E-state index contributed by atoms with van der Waals surface area (Å²) in [5, 5.41) is 10.8. The van der Waals surface area contributed by atoms with Crippen molar-refractivity contribution in [3.8, 4) is 5.69 Å². The van der Waals surface area contributed by atoms with Gasteiger partial charge in [0.05, 0.1) is 29.7 Å². The maximum Gasteiger partial charge on any atom is 0.253 e. The van der Waals surface area contributed by atoms with Crippen molar-refractivity contribution < 1.29 is 4.79 Å². The van der Waals surface area contributed by atoms with Crippen LogP contribution < -0.4 is 5.32 Å². The van der Waals surface area contributed by atoms with E-state index in [1.54, 1.807) is 29.2 Å². The number of hydrogen-bond acceptors (Lipinski definition) is 4. The standard InChI is InChI=1S/C15H13N5O/c21-15(12-5-4-8-16-9-12)17-10-14-11-18-19-20(14)13-6-2-1-3-7-13/h1-9,11H,10H2,(H,17,21). The van der Waals surface area contributed by atoms with E-state index in [1.165, 1.54) is 6.20 Å². The van der Waals surface area contributed by atoms with E-state index >= 15 is 0 Å². The molecule has 0 aliphatic carbocycles. The van der Waals surface area contributed by atoms with Crippen LogP contribution in [0, 0.1) is 0 Å². The van der Waals surface area contributed by atoms with E-state index in [0.717, 1.165) is 11.4 Å². The van der Waals surface area contributed by atoms with Crippen LogP contribution in [0.15, 0.2) is 61.1 Å². The highest BCUT2D eigenvalue weighted by Crippen LogP contribution is 2.08. The van der Waals surface area contributed by atoms with E-state index in [1.807, 2.05) is 30.3 Å². The van der Waals surface area contributed by atoms with Crippen molar-refractivity contribution in [1.82, 2.24) is 25.3 Å². The predicted molar refractivity (Wildman–Crippen MR) is 76.8 cm³/mol. The molecule has 3 rings (SSSR count). The van der Waals surface area contributed by atoms with Crippen molar-refractivity contribution in [2.24, 2.45) is 0 Å². The Kier molecular flexibility index (Phi) is 3.68. The fourth-order valence-electron chi connectivity index (χ4n) is 1.93. The Morgan fingerprint density at radius 1 is 1.10 bits per heavy atom. The highest BCUT2D eigenvalue weighted by Gasteiger charge is 2.09. The third-order valence-corrected chi connectivity index (χ3v) is 2.97. The molecule has 1 aromatic carbocycles. The molecule has 6 heteroatoms. The first-order chi connectivity index (χ1) is 10.3. The molecule has 2 aromatic heterocycles. The Labute approximate surface area is 121 Å². The van der Waals surface area contributed by atoms with Crippen molar-refractivity contribution in [3.63, 3.8) is 0 Å². The first kappa shape index (κ1) is 13.0. The second kappa shape index (κ2) is 5.96. The summed E-state index contributed by atoms with van der Waals surface area (Å²) in [5.74, 6) is -0.177. The largest absolute Gasteiger partial charge is 0.346 e. The predicted octanol–water partition coefficient (Wildman–Crippen LogP) is 1.59. The maximum absolute atomic E-state index is 12.0. The van der Waals surface area contributed by atoms with E-state index in [4.69, 9.17) is 0 Å². The van der Waals surface area contributed by atoms with E-state index in [0.29, 0.717) is 12.1 Å². The summed E-state index contributed by atoms with van der Waals surface area (Å²) in [6.45, 7) is 0.343. The summed E-state index contributed by atoms with van der Waals surface area (Å²) < 4.78 is 1.70. The lowest BCUT2D eigenvalue weighted by molar-refractivity contribution is 0.0950. The van der Waals surface area contributed by atoms with Crippen molar-refractivity contribution >= 4 is 5.91 Å². The van der Waals surface area contributed by atoms with Gasteiger partial charge in [0.1, 0.15) is 0 Å². The van der Waals surface area contributed by atoms with Gasteiger partial charge >= 0.3 is 0 Å². The van der Waals surface area contributed by atoms with Crippen molar-refractivity contribution in [2.45, 2.75) is 6.54 Å². The first-order valence-electron chi connectivity index (χ1n) is 6.48. The Bertz CT molecular complexity index is 724. The third-order valence-electron chi connectivity index (χ3n) is 2.97. The number of para-hydroxylation sites is 1. The molecule has 0 aliphatic rings. The molecule has 0 fully saturated rings. The van der Waals surface area contributed by atoms with Gasteiger partial charge in [-0.25, -0.2) is 4.68 Å².